The van der Waals surface area contributed by atoms with Crippen molar-refractivity contribution in [3.05, 3.63) is 64.4 Å². The first-order valence-electron chi connectivity index (χ1n) is 9.76. The Morgan fingerprint density at radius 3 is 2.35 bits per heavy atom. The van der Waals surface area contributed by atoms with Crippen LogP contribution in [0.1, 0.15) is 18.1 Å². The topological polar surface area (TPSA) is 49.9 Å². The van der Waals surface area contributed by atoms with Gasteiger partial charge in [-0.25, -0.2) is 13.2 Å². The summed E-state index contributed by atoms with van der Waals surface area (Å²) in [4.78, 5) is 29.0. The first-order valence-corrected chi connectivity index (χ1v) is 10.1. The van der Waals surface area contributed by atoms with Crippen LogP contribution in [-0.4, -0.2) is 42.5 Å². The van der Waals surface area contributed by atoms with Crippen LogP contribution in [0.15, 0.2) is 42.5 Å². The first-order chi connectivity index (χ1) is 14.6. The fraction of sp³-hybridized carbons (Fsp3) is 0.364. The first kappa shape index (κ1) is 21.6. The zero-order valence-electron chi connectivity index (χ0n) is 16.7. The van der Waals surface area contributed by atoms with E-state index in [0.717, 1.165) is 13.0 Å². The number of hydrogen-bond acceptors (Lipinski definition) is 3. The number of amides is 2. The zero-order chi connectivity index (χ0) is 22.3. The summed E-state index contributed by atoms with van der Waals surface area (Å²) in [6.45, 7) is 1.31. The van der Waals surface area contributed by atoms with Crippen molar-refractivity contribution in [1.29, 1.82) is 0 Å². The number of benzene rings is 2. The second-order valence-electron chi connectivity index (χ2n) is 7.87. The molecular weight excluding hydrogens is 433 g/mol. The van der Waals surface area contributed by atoms with E-state index >= 15 is 0 Å². The van der Waals surface area contributed by atoms with Crippen molar-refractivity contribution in [3.8, 4) is 0 Å². The third-order valence-corrected chi connectivity index (χ3v) is 5.91. The monoisotopic (exact) mass is 452 g/mol. The van der Waals surface area contributed by atoms with Crippen LogP contribution in [-0.2, 0) is 26.8 Å². The lowest BCUT2D eigenvalue weighted by Crippen LogP contribution is -2.64. The maximum absolute atomic E-state index is 13.9. The van der Waals surface area contributed by atoms with Crippen LogP contribution in [0.2, 0.25) is 5.02 Å². The zero-order valence-corrected chi connectivity index (χ0v) is 17.4. The lowest BCUT2D eigenvalue weighted by atomic mass is 9.92. The van der Waals surface area contributed by atoms with Crippen molar-refractivity contribution in [2.24, 2.45) is 5.92 Å². The van der Waals surface area contributed by atoms with Crippen molar-refractivity contribution in [3.63, 3.8) is 0 Å². The maximum Gasteiger partial charge on any atom is 0.270 e. The highest BCUT2D eigenvalue weighted by Crippen LogP contribution is 2.32. The van der Waals surface area contributed by atoms with Crippen LogP contribution < -0.4 is 4.90 Å². The van der Waals surface area contributed by atoms with Gasteiger partial charge < -0.3 is 14.5 Å². The van der Waals surface area contributed by atoms with Gasteiger partial charge in [-0.3, -0.25) is 9.59 Å². The molecule has 4 rings (SSSR count). The maximum atomic E-state index is 13.9. The highest BCUT2D eigenvalue weighted by Gasteiger charge is 2.46. The molecule has 0 radical (unpaired) electrons. The Bertz CT molecular complexity index is 1010. The Balaban J connectivity index is 1.60. The van der Waals surface area contributed by atoms with Gasteiger partial charge in [0.2, 0.25) is 5.91 Å². The van der Waals surface area contributed by atoms with Gasteiger partial charge in [-0.2, -0.15) is 0 Å². The summed E-state index contributed by atoms with van der Waals surface area (Å²) in [5.41, 5.74) is 0.752. The van der Waals surface area contributed by atoms with Gasteiger partial charge in [0.05, 0.1) is 18.2 Å². The molecular formula is C22H20ClF3N2O3. The van der Waals surface area contributed by atoms with Crippen molar-refractivity contribution in [1.82, 2.24) is 4.90 Å². The van der Waals surface area contributed by atoms with E-state index < -0.39 is 17.8 Å². The lowest BCUT2D eigenvalue weighted by Gasteiger charge is -2.45. The largest absolute Gasteiger partial charge is 0.380 e. The van der Waals surface area contributed by atoms with E-state index in [1.54, 1.807) is 0 Å². The highest BCUT2D eigenvalue weighted by molar-refractivity contribution is 6.30. The van der Waals surface area contributed by atoms with Crippen LogP contribution in [0.3, 0.4) is 0 Å². The number of halogens is 4. The number of anilines is 1. The Kier molecular flexibility index (Phi) is 5.70. The molecule has 0 spiro atoms. The number of alkyl halides is 2. The summed E-state index contributed by atoms with van der Waals surface area (Å²) in [6, 6.07) is 8.85. The molecule has 2 heterocycles. The van der Waals surface area contributed by atoms with Gasteiger partial charge in [0, 0.05) is 30.6 Å². The standard InChI is InChI=1S/C22H20ClF3N2O3/c1-22(25,26)15-4-2-13(3-5-15)9-28-19(29)10-27(16-6-7-17(23)18(24)8-16)21(30)20(28)14-11-31-12-14/h2-8,14,20H,9-12H2,1H3. The molecule has 2 aromatic rings. The SMILES string of the molecule is CC(F)(F)c1ccc(CN2C(=O)CN(c3ccc(Cl)c(F)c3)C(=O)C2C2COC2)cc1. The third-order valence-electron chi connectivity index (χ3n) is 5.61. The second-order valence-corrected chi connectivity index (χ2v) is 8.28. The second kappa shape index (κ2) is 8.16. The smallest absolute Gasteiger partial charge is 0.270 e. The van der Waals surface area contributed by atoms with E-state index in [9.17, 15) is 22.8 Å². The van der Waals surface area contributed by atoms with E-state index in [0.29, 0.717) is 18.8 Å². The predicted octanol–water partition coefficient (Wildman–Crippen LogP) is 3.98. The highest BCUT2D eigenvalue weighted by atomic mass is 35.5. The lowest BCUT2D eigenvalue weighted by molar-refractivity contribution is -0.154. The molecule has 2 aliphatic rings. The molecule has 1 unspecified atom stereocenters. The van der Waals surface area contributed by atoms with E-state index in [-0.39, 0.29) is 47.1 Å². The number of nitrogens with zero attached hydrogens (tertiary/aromatic N) is 2. The van der Waals surface area contributed by atoms with E-state index in [4.69, 9.17) is 16.3 Å². The van der Waals surface area contributed by atoms with E-state index in [1.165, 1.54) is 46.2 Å². The summed E-state index contributed by atoms with van der Waals surface area (Å²) in [5, 5.41) is -0.0776. The molecule has 164 valence electrons. The molecule has 5 nitrogen and oxygen atoms in total. The molecule has 0 aliphatic carbocycles. The minimum atomic E-state index is -2.96. The Labute approximate surface area is 182 Å². The molecule has 9 heteroatoms. The van der Waals surface area contributed by atoms with Gasteiger partial charge in [-0.05, 0) is 23.8 Å². The third kappa shape index (κ3) is 4.27. The molecule has 2 aromatic carbocycles. The summed E-state index contributed by atoms with van der Waals surface area (Å²) < 4.78 is 46.1. The number of carbonyl (C=O) groups excluding carboxylic acids is 2. The molecule has 0 bridgehead atoms. The van der Waals surface area contributed by atoms with Gasteiger partial charge in [0.1, 0.15) is 18.4 Å². The molecule has 0 aromatic heterocycles. The average molecular weight is 453 g/mol. The molecule has 0 saturated carbocycles. The molecule has 2 amide bonds. The number of hydrogen-bond donors (Lipinski definition) is 0. The fourth-order valence-electron chi connectivity index (χ4n) is 3.80. The summed E-state index contributed by atoms with van der Waals surface area (Å²) in [5.74, 6) is -4.51. The molecule has 0 N–H and O–H groups in total. The van der Waals surface area contributed by atoms with Gasteiger partial charge in [-0.1, -0.05) is 35.9 Å². The van der Waals surface area contributed by atoms with Crippen LogP contribution in [0, 0.1) is 11.7 Å². The molecule has 31 heavy (non-hydrogen) atoms. The quantitative estimate of drug-likeness (QED) is 0.689. The van der Waals surface area contributed by atoms with Crippen LogP contribution in [0.25, 0.3) is 0 Å². The Hall–Kier alpha value is -2.58. The molecule has 2 aliphatic heterocycles. The Morgan fingerprint density at radius 1 is 1.13 bits per heavy atom. The summed E-state index contributed by atoms with van der Waals surface area (Å²) in [6.07, 6.45) is 0. The Morgan fingerprint density at radius 2 is 1.81 bits per heavy atom. The van der Waals surface area contributed by atoms with Gasteiger partial charge in [-0.15, -0.1) is 0 Å². The molecule has 2 fully saturated rings. The van der Waals surface area contributed by atoms with Crippen molar-refractivity contribution in [2.75, 3.05) is 24.7 Å². The fourth-order valence-corrected chi connectivity index (χ4v) is 3.92. The normalized spacial score (nSPS) is 20.2. The molecule has 1 atom stereocenters. The van der Waals surface area contributed by atoms with Crippen LogP contribution in [0.5, 0.6) is 0 Å². The van der Waals surface area contributed by atoms with Crippen LogP contribution >= 0.6 is 11.6 Å². The average Bonchev–Trinajstić information content (AvgIpc) is 2.67. The van der Waals surface area contributed by atoms with E-state index in [2.05, 4.69) is 0 Å². The van der Waals surface area contributed by atoms with E-state index in [1.807, 2.05) is 0 Å². The van der Waals surface area contributed by atoms with Crippen LogP contribution in [0.4, 0.5) is 18.9 Å². The predicted molar refractivity (Wildman–Crippen MR) is 108 cm³/mol. The van der Waals surface area contributed by atoms with Gasteiger partial charge in [0.15, 0.2) is 0 Å². The summed E-state index contributed by atoms with van der Waals surface area (Å²) in [7, 11) is 0. The molecule has 2 saturated heterocycles. The number of rotatable bonds is 5. The number of piperazine rings is 1. The van der Waals surface area contributed by atoms with Crippen molar-refractivity contribution >= 4 is 29.1 Å². The van der Waals surface area contributed by atoms with Gasteiger partial charge in [0.25, 0.3) is 11.8 Å². The minimum Gasteiger partial charge on any atom is -0.380 e. The van der Waals surface area contributed by atoms with Crippen molar-refractivity contribution in [2.45, 2.75) is 25.4 Å². The van der Waals surface area contributed by atoms with Crippen molar-refractivity contribution < 1.29 is 27.5 Å². The minimum absolute atomic E-state index is 0.0776. The van der Waals surface area contributed by atoms with Gasteiger partial charge >= 0.3 is 0 Å². The number of carbonyl (C=O) groups is 2. The summed E-state index contributed by atoms with van der Waals surface area (Å²) >= 11 is 5.73. The number of ether oxygens (including phenoxy) is 1.